The van der Waals surface area contributed by atoms with Crippen LogP contribution in [0.4, 0.5) is 0 Å². The molecule has 0 saturated carbocycles. The van der Waals surface area contributed by atoms with Crippen LogP contribution in [-0.2, 0) is 0 Å². The number of hydrogen-bond donors (Lipinski definition) is 0. The molecule has 2 rings (SSSR count). The van der Waals surface area contributed by atoms with Crippen LogP contribution in [0.3, 0.4) is 0 Å². The van der Waals surface area contributed by atoms with Gasteiger partial charge in [-0.2, -0.15) is 0 Å². The average molecular weight is 261 g/mol. The van der Waals surface area contributed by atoms with E-state index in [1.807, 2.05) is 25.1 Å². The number of hydrogen-bond acceptors (Lipinski definition) is 2. The number of methoxy groups -OCH3 is 1. The molecule has 0 radical (unpaired) electrons. The molecule has 92 valence electrons. The van der Waals surface area contributed by atoms with Crippen molar-refractivity contribution in [2.75, 3.05) is 7.11 Å². The van der Waals surface area contributed by atoms with Gasteiger partial charge in [-0.25, -0.2) is 0 Å². The van der Waals surface area contributed by atoms with Crippen molar-refractivity contribution in [3.8, 4) is 16.9 Å². The first-order valence-corrected chi connectivity index (χ1v) is 5.93. The van der Waals surface area contributed by atoms with Crippen LogP contribution in [0.1, 0.15) is 15.9 Å². The molecule has 2 nitrogen and oxygen atoms in total. The van der Waals surface area contributed by atoms with Crippen LogP contribution in [0.5, 0.6) is 5.75 Å². The molecular formula is C15H13ClO2. The zero-order valence-electron chi connectivity index (χ0n) is 10.2. The van der Waals surface area contributed by atoms with Gasteiger partial charge in [0.1, 0.15) is 5.75 Å². The normalized spacial score (nSPS) is 10.2. The molecule has 2 aromatic rings. The molecule has 0 N–H and O–H groups in total. The van der Waals surface area contributed by atoms with Crippen molar-refractivity contribution in [2.24, 2.45) is 0 Å². The summed E-state index contributed by atoms with van der Waals surface area (Å²) in [5.41, 5.74) is 3.37. The molecule has 2 aromatic carbocycles. The highest BCUT2D eigenvalue weighted by Gasteiger charge is 2.11. The van der Waals surface area contributed by atoms with Crippen LogP contribution in [0.15, 0.2) is 36.4 Å². The number of ether oxygens (including phenoxy) is 1. The van der Waals surface area contributed by atoms with Crippen molar-refractivity contribution in [3.63, 3.8) is 0 Å². The molecule has 0 unspecified atom stereocenters. The SMILES string of the molecule is COc1ccc(C)cc1-c1cc(Cl)ccc1C=O. The molecule has 0 aromatic heterocycles. The monoisotopic (exact) mass is 260 g/mol. The molecule has 0 heterocycles. The summed E-state index contributed by atoms with van der Waals surface area (Å²) < 4.78 is 5.34. The van der Waals surface area contributed by atoms with Crippen LogP contribution in [0, 0.1) is 6.92 Å². The maximum atomic E-state index is 11.1. The molecule has 0 bridgehead atoms. The third-order valence-electron chi connectivity index (χ3n) is 2.79. The summed E-state index contributed by atoms with van der Waals surface area (Å²) in [5, 5.41) is 0.596. The van der Waals surface area contributed by atoms with Crippen LogP contribution >= 0.6 is 11.6 Å². The number of carbonyl (C=O) groups excluding carboxylic acids is 1. The molecule has 0 aliphatic heterocycles. The second-order valence-corrected chi connectivity index (χ2v) is 4.49. The van der Waals surface area contributed by atoms with Crippen LogP contribution in [0.2, 0.25) is 5.02 Å². The Kier molecular flexibility index (Phi) is 3.68. The number of benzene rings is 2. The van der Waals surface area contributed by atoms with Crippen molar-refractivity contribution in [3.05, 3.63) is 52.5 Å². The number of rotatable bonds is 3. The molecule has 0 spiro atoms. The van der Waals surface area contributed by atoms with E-state index < -0.39 is 0 Å². The largest absolute Gasteiger partial charge is 0.496 e. The zero-order valence-corrected chi connectivity index (χ0v) is 11.0. The summed E-state index contributed by atoms with van der Waals surface area (Å²) in [6.07, 6.45) is 0.827. The first-order chi connectivity index (χ1) is 8.65. The summed E-state index contributed by atoms with van der Waals surface area (Å²) in [7, 11) is 1.61. The minimum atomic E-state index is 0.596. The summed E-state index contributed by atoms with van der Waals surface area (Å²) in [4.78, 5) is 11.1. The first kappa shape index (κ1) is 12.7. The van der Waals surface area contributed by atoms with E-state index in [2.05, 4.69) is 0 Å². The lowest BCUT2D eigenvalue weighted by atomic mass is 9.98. The Morgan fingerprint density at radius 1 is 1.11 bits per heavy atom. The van der Waals surface area contributed by atoms with E-state index in [9.17, 15) is 4.79 Å². The topological polar surface area (TPSA) is 26.3 Å². The van der Waals surface area contributed by atoms with Crippen molar-refractivity contribution in [1.82, 2.24) is 0 Å². The van der Waals surface area contributed by atoms with Crippen molar-refractivity contribution >= 4 is 17.9 Å². The third kappa shape index (κ3) is 2.39. The number of carbonyl (C=O) groups is 1. The molecule has 3 heteroatoms. The zero-order chi connectivity index (χ0) is 13.1. The molecule has 0 aliphatic rings. The fourth-order valence-electron chi connectivity index (χ4n) is 1.90. The Morgan fingerprint density at radius 2 is 1.89 bits per heavy atom. The van der Waals surface area contributed by atoms with Gasteiger partial charge in [-0.15, -0.1) is 0 Å². The highest BCUT2D eigenvalue weighted by molar-refractivity contribution is 6.31. The molecular weight excluding hydrogens is 248 g/mol. The number of aldehydes is 1. The fourth-order valence-corrected chi connectivity index (χ4v) is 2.07. The van der Waals surface area contributed by atoms with Gasteiger partial charge in [-0.1, -0.05) is 23.2 Å². The molecule has 0 fully saturated rings. The fraction of sp³-hybridized carbons (Fsp3) is 0.133. The standard InChI is InChI=1S/C15H13ClO2/c1-10-3-6-15(18-2)14(7-10)13-8-12(16)5-4-11(13)9-17/h3-9H,1-2H3. The predicted octanol–water partition coefficient (Wildman–Crippen LogP) is 4.14. The Labute approximate surface area is 111 Å². The number of halogens is 1. The van der Waals surface area contributed by atoms with Crippen LogP contribution < -0.4 is 4.74 Å². The summed E-state index contributed by atoms with van der Waals surface area (Å²) >= 11 is 6.00. The number of aryl methyl sites for hydroxylation is 1. The molecule has 0 atom stereocenters. The first-order valence-electron chi connectivity index (χ1n) is 5.55. The molecule has 0 aliphatic carbocycles. The van der Waals surface area contributed by atoms with Crippen molar-refractivity contribution in [2.45, 2.75) is 6.92 Å². The molecule has 0 saturated heterocycles. The van der Waals surface area contributed by atoms with Gasteiger partial charge in [0, 0.05) is 16.1 Å². The van der Waals surface area contributed by atoms with Gasteiger partial charge in [0.25, 0.3) is 0 Å². The van der Waals surface area contributed by atoms with Crippen LogP contribution in [0.25, 0.3) is 11.1 Å². The lowest BCUT2D eigenvalue weighted by molar-refractivity contribution is 0.112. The van der Waals surface area contributed by atoms with Crippen LogP contribution in [-0.4, -0.2) is 13.4 Å². The Balaban J connectivity index is 2.70. The van der Waals surface area contributed by atoms with Gasteiger partial charge in [0.15, 0.2) is 6.29 Å². The van der Waals surface area contributed by atoms with E-state index >= 15 is 0 Å². The van der Waals surface area contributed by atoms with E-state index in [1.54, 1.807) is 25.3 Å². The Morgan fingerprint density at radius 3 is 2.56 bits per heavy atom. The van der Waals surface area contributed by atoms with Gasteiger partial charge >= 0.3 is 0 Å². The highest BCUT2D eigenvalue weighted by Crippen LogP contribution is 2.34. The second kappa shape index (κ2) is 5.23. The lowest BCUT2D eigenvalue weighted by Gasteiger charge is -2.11. The Bertz CT molecular complexity index is 591. The predicted molar refractivity (Wildman–Crippen MR) is 73.6 cm³/mol. The molecule has 0 amide bonds. The van der Waals surface area contributed by atoms with E-state index in [1.165, 1.54) is 0 Å². The lowest BCUT2D eigenvalue weighted by Crippen LogP contribution is -1.93. The van der Waals surface area contributed by atoms with Gasteiger partial charge in [0.2, 0.25) is 0 Å². The van der Waals surface area contributed by atoms with E-state index in [0.29, 0.717) is 10.6 Å². The van der Waals surface area contributed by atoms with Gasteiger partial charge in [0.05, 0.1) is 7.11 Å². The highest BCUT2D eigenvalue weighted by atomic mass is 35.5. The third-order valence-corrected chi connectivity index (χ3v) is 3.02. The second-order valence-electron chi connectivity index (χ2n) is 4.05. The van der Waals surface area contributed by atoms with Gasteiger partial charge < -0.3 is 4.74 Å². The average Bonchev–Trinajstić information content (AvgIpc) is 2.38. The maximum absolute atomic E-state index is 11.1. The van der Waals surface area contributed by atoms with Gasteiger partial charge in [-0.3, -0.25) is 4.79 Å². The Hall–Kier alpha value is -1.80. The molecule has 18 heavy (non-hydrogen) atoms. The van der Waals surface area contributed by atoms with E-state index in [4.69, 9.17) is 16.3 Å². The van der Waals surface area contributed by atoms with E-state index in [0.717, 1.165) is 28.7 Å². The summed E-state index contributed by atoms with van der Waals surface area (Å²) in [5.74, 6) is 0.728. The summed E-state index contributed by atoms with van der Waals surface area (Å²) in [6, 6.07) is 11.0. The minimum absolute atomic E-state index is 0.596. The van der Waals surface area contributed by atoms with Crippen molar-refractivity contribution < 1.29 is 9.53 Å². The van der Waals surface area contributed by atoms with E-state index in [-0.39, 0.29) is 0 Å². The maximum Gasteiger partial charge on any atom is 0.150 e. The minimum Gasteiger partial charge on any atom is -0.496 e. The van der Waals surface area contributed by atoms with Gasteiger partial charge in [-0.05, 0) is 42.8 Å². The van der Waals surface area contributed by atoms with Crippen molar-refractivity contribution in [1.29, 1.82) is 0 Å². The quantitative estimate of drug-likeness (QED) is 0.776. The summed E-state index contributed by atoms with van der Waals surface area (Å²) in [6.45, 7) is 1.99. The smallest absolute Gasteiger partial charge is 0.150 e.